The zero-order valence-electron chi connectivity index (χ0n) is 10.6. The van der Waals surface area contributed by atoms with Crippen molar-refractivity contribution in [1.82, 2.24) is 9.21 Å². The van der Waals surface area contributed by atoms with Crippen LogP contribution in [0.4, 0.5) is 4.79 Å². The van der Waals surface area contributed by atoms with Crippen LogP contribution < -0.4 is 0 Å². The van der Waals surface area contributed by atoms with Crippen molar-refractivity contribution < 1.29 is 18.3 Å². The normalized spacial score (nSPS) is 17.4. The Hall–Kier alpha value is -1.60. The first-order valence-electron chi connectivity index (χ1n) is 5.96. The number of carbonyl (C=O) groups is 1. The summed E-state index contributed by atoms with van der Waals surface area (Å²) in [6, 6.07) is 6.80. The average molecular weight is 284 g/mol. The Bertz CT molecular complexity index is 577. The molecule has 19 heavy (non-hydrogen) atoms. The molecule has 0 unspecified atom stereocenters. The third-order valence-electron chi connectivity index (χ3n) is 3.22. The third-order valence-corrected chi connectivity index (χ3v) is 5.28. The van der Waals surface area contributed by atoms with E-state index in [9.17, 15) is 13.2 Å². The van der Waals surface area contributed by atoms with Crippen LogP contribution in [0.3, 0.4) is 0 Å². The van der Waals surface area contributed by atoms with Crippen LogP contribution in [0, 0.1) is 6.92 Å². The fourth-order valence-electron chi connectivity index (χ4n) is 2.10. The molecule has 1 saturated heterocycles. The Morgan fingerprint density at radius 2 is 1.74 bits per heavy atom. The van der Waals surface area contributed by atoms with Crippen molar-refractivity contribution in [2.75, 3.05) is 26.2 Å². The summed E-state index contributed by atoms with van der Waals surface area (Å²) in [5, 5.41) is 8.85. The number of nitrogens with zero attached hydrogens (tertiary/aromatic N) is 2. The Morgan fingerprint density at radius 1 is 1.16 bits per heavy atom. The number of benzene rings is 1. The zero-order chi connectivity index (χ0) is 14.0. The van der Waals surface area contributed by atoms with Gasteiger partial charge in [-0.15, -0.1) is 0 Å². The lowest BCUT2D eigenvalue weighted by molar-refractivity contribution is 0.126. The van der Waals surface area contributed by atoms with Gasteiger partial charge in [0.2, 0.25) is 10.0 Å². The number of carboxylic acid groups (broad SMARTS) is 1. The van der Waals surface area contributed by atoms with Crippen LogP contribution in [0.2, 0.25) is 0 Å². The summed E-state index contributed by atoms with van der Waals surface area (Å²) in [7, 11) is -3.53. The first-order valence-corrected chi connectivity index (χ1v) is 7.40. The van der Waals surface area contributed by atoms with E-state index in [2.05, 4.69) is 0 Å². The number of hydrogen-bond donors (Lipinski definition) is 1. The van der Waals surface area contributed by atoms with Crippen LogP contribution >= 0.6 is 0 Å². The molecule has 1 aromatic carbocycles. The fraction of sp³-hybridized carbons (Fsp3) is 0.417. The molecule has 0 radical (unpaired) electrons. The van der Waals surface area contributed by atoms with E-state index < -0.39 is 16.1 Å². The molecular formula is C12H16N2O4S. The van der Waals surface area contributed by atoms with Crippen molar-refractivity contribution in [2.24, 2.45) is 0 Å². The van der Waals surface area contributed by atoms with E-state index in [1.165, 1.54) is 9.21 Å². The van der Waals surface area contributed by atoms with Gasteiger partial charge in [-0.05, 0) is 18.6 Å². The average Bonchev–Trinajstić information content (AvgIpc) is 2.39. The summed E-state index contributed by atoms with van der Waals surface area (Å²) < 4.78 is 26.2. The Balaban J connectivity index is 2.19. The number of piperazine rings is 1. The van der Waals surface area contributed by atoms with Crippen molar-refractivity contribution in [2.45, 2.75) is 11.8 Å². The Kier molecular flexibility index (Phi) is 3.77. The van der Waals surface area contributed by atoms with E-state index in [4.69, 9.17) is 5.11 Å². The van der Waals surface area contributed by atoms with E-state index in [1.807, 2.05) is 0 Å². The molecule has 1 fully saturated rings. The van der Waals surface area contributed by atoms with Gasteiger partial charge in [0.15, 0.2) is 0 Å². The molecule has 1 heterocycles. The molecule has 0 aromatic heterocycles. The highest BCUT2D eigenvalue weighted by Gasteiger charge is 2.30. The molecule has 6 nitrogen and oxygen atoms in total. The van der Waals surface area contributed by atoms with Crippen molar-refractivity contribution in [3.8, 4) is 0 Å². The minimum absolute atomic E-state index is 0.197. The highest BCUT2D eigenvalue weighted by Crippen LogP contribution is 2.20. The maximum Gasteiger partial charge on any atom is 0.407 e. The van der Waals surface area contributed by atoms with Gasteiger partial charge < -0.3 is 10.0 Å². The molecule has 1 amide bonds. The predicted molar refractivity (Wildman–Crippen MR) is 69.5 cm³/mol. The molecule has 1 N–H and O–H groups in total. The van der Waals surface area contributed by atoms with Crippen molar-refractivity contribution >= 4 is 16.1 Å². The summed E-state index contributed by atoms with van der Waals surface area (Å²) >= 11 is 0. The van der Waals surface area contributed by atoms with Crippen LogP contribution in [0.15, 0.2) is 29.2 Å². The minimum Gasteiger partial charge on any atom is -0.465 e. The second kappa shape index (κ2) is 5.18. The van der Waals surface area contributed by atoms with E-state index in [0.29, 0.717) is 10.5 Å². The molecule has 0 aliphatic carbocycles. The van der Waals surface area contributed by atoms with Gasteiger partial charge >= 0.3 is 6.09 Å². The van der Waals surface area contributed by atoms with Gasteiger partial charge in [-0.3, -0.25) is 0 Å². The van der Waals surface area contributed by atoms with Gasteiger partial charge in [-0.1, -0.05) is 18.2 Å². The van der Waals surface area contributed by atoms with Gasteiger partial charge in [-0.2, -0.15) is 4.31 Å². The summed E-state index contributed by atoms with van der Waals surface area (Å²) in [5.41, 5.74) is 0.697. The standard InChI is InChI=1S/C12H16N2O4S/c1-10-4-2-3-5-11(10)19(17,18)14-8-6-13(7-9-14)12(15)16/h2-5H,6-9H2,1H3,(H,15,16). The van der Waals surface area contributed by atoms with E-state index in [0.717, 1.165) is 0 Å². The molecule has 0 saturated carbocycles. The lowest BCUT2D eigenvalue weighted by Crippen LogP contribution is -2.50. The number of hydrogen-bond acceptors (Lipinski definition) is 3. The molecule has 7 heteroatoms. The van der Waals surface area contributed by atoms with Gasteiger partial charge in [0.1, 0.15) is 0 Å². The second-order valence-electron chi connectivity index (χ2n) is 4.44. The first-order chi connectivity index (χ1) is 8.93. The highest BCUT2D eigenvalue weighted by atomic mass is 32.2. The summed E-state index contributed by atoms with van der Waals surface area (Å²) in [6.45, 7) is 2.56. The number of amides is 1. The largest absolute Gasteiger partial charge is 0.465 e. The second-order valence-corrected chi connectivity index (χ2v) is 6.35. The maximum absolute atomic E-state index is 12.4. The fourth-order valence-corrected chi connectivity index (χ4v) is 3.75. The number of aryl methyl sites for hydroxylation is 1. The third kappa shape index (κ3) is 2.71. The lowest BCUT2D eigenvalue weighted by atomic mass is 10.2. The van der Waals surface area contributed by atoms with Crippen molar-refractivity contribution in [1.29, 1.82) is 0 Å². The Labute approximate surface area is 112 Å². The van der Waals surface area contributed by atoms with Crippen molar-refractivity contribution in [3.63, 3.8) is 0 Å². The van der Waals surface area contributed by atoms with Gasteiger partial charge in [0.05, 0.1) is 4.90 Å². The maximum atomic E-state index is 12.4. The molecule has 1 aliphatic heterocycles. The molecule has 0 bridgehead atoms. The SMILES string of the molecule is Cc1ccccc1S(=O)(=O)N1CCN(C(=O)O)CC1. The topological polar surface area (TPSA) is 77.9 Å². The van der Waals surface area contributed by atoms with Gasteiger partial charge in [0.25, 0.3) is 0 Å². The molecule has 0 atom stereocenters. The van der Waals surface area contributed by atoms with E-state index >= 15 is 0 Å². The van der Waals surface area contributed by atoms with Gasteiger partial charge in [-0.25, -0.2) is 13.2 Å². The molecule has 1 aliphatic rings. The summed E-state index contributed by atoms with van der Waals surface area (Å²) in [4.78, 5) is 12.3. The van der Waals surface area contributed by atoms with Crippen LogP contribution in [-0.2, 0) is 10.0 Å². The first kappa shape index (κ1) is 13.8. The molecule has 2 rings (SSSR count). The van der Waals surface area contributed by atoms with Crippen LogP contribution in [0.5, 0.6) is 0 Å². The summed E-state index contributed by atoms with van der Waals surface area (Å²) in [6.07, 6.45) is -1.01. The summed E-state index contributed by atoms with van der Waals surface area (Å²) in [5.74, 6) is 0. The molecule has 104 valence electrons. The van der Waals surface area contributed by atoms with E-state index in [1.54, 1.807) is 31.2 Å². The predicted octanol–water partition coefficient (Wildman–Crippen LogP) is 0.979. The minimum atomic E-state index is -3.53. The van der Waals surface area contributed by atoms with E-state index in [-0.39, 0.29) is 26.2 Å². The van der Waals surface area contributed by atoms with Crippen LogP contribution in [0.1, 0.15) is 5.56 Å². The zero-order valence-corrected chi connectivity index (χ0v) is 11.4. The van der Waals surface area contributed by atoms with Crippen LogP contribution in [0.25, 0.3) is 0 Å². The quantitative estimate of drug-likeness (QED) is 0.878. The van der Waals surface area contributed by atoms with Gasteiger partial charge in [0, 0.05) is 26.2 Å². The monoisotopic (exact) mass is 284 g/mol. The molecular weight excluding hydrogens is 268 g/mol. The molecule has 1 aromatic rings. The Morgan fingerprint density at radius 3 is 2.26 bits per heavy atom. The number of rotatable bonds is 2. The van der Waals surface area contributed by atoms with Crippen molar-refractivity contribution in [3.05, 3.63) is 29.8 Å². The lowest BCUT2D eigenvalue weighted by Gasteiger charge is -2.32. The highest BCUT2D eigenvalue weighted by molar-refractivity contribution is 7.89. The smallest absolute Gasteiger partial charge is 0.407 e. The molecule has 0 spiro atoms. The van der Waals surface area contributed by atoms with Crippen LogP contribution in [-0.4, -0.2) is 55.0 Å². The number of sulfonamides is 1.